The molecule has 2 unspecified atom stereocenters. The topological polar surface area (TPSA) is 94.5 Å². The molecule has 1 aliphatic heterocycles. The van der Waals surface area contributed by atoms with Gasteiger partial charge in [0.25, 0.3) is 0 Å². The van der Waals surface area contributed by atoms with Crippen LogP contribution < -0.4 is 10.6 Å². The van der Waals surface area contributed by atoms with E-state index in [1.165, 1.54) is 0 Å². The van der Waals surface area contributed by atoms with Crippen LogP contribution in [-0.4, -0.2) is 40.9 Å². The highest BCUT2D eigenvalue weighted by Crippen LogP contribution is 2.42. The Kier molecular flexibility index (Phi) is 6.42. The first-order valence-electron chi connectivity index (χ1n) is 9.51. The van der Waals surface area contributed by atoms with E-state index in [2.05, 4.69) is 15.6 Å². The van der Waals surface area contributed by atoms with E-state index in [9.17, 15) is 9.90 Å². The summed E-state index contributed by atoms with van der Waals surface area (Å²) in [7, 11) is 0. The number of nitrogens with zero attached hydrogens (tertiary/aromatic N) is 1. The highest BCUT2D eigenvalue weighted by Gasteiger charge is 2.40. The molecule has 6 nitrogen and oxygen atoms in total. The molecule has 1 aromatic heterocycles. The van der Waals surface area contributed by atoms with Gasteiger partial charge in [0.15, 0.2) is 0 Å². The van der Waals surface area contributed by atoms with Crippen molar-refractivity contribution in [3.8, 4) is 11.1 Å². The third-order valence-corrected chi connectivity index (χ3v) is 5.35. The molecule has 0 bridgehead atoms. The van der Waals surface area contributed by atoms with Crippen LogP contribution >= 0.6 is 0 Å². The molecule has 0 aliphatic carbocycles. The lowest BCUT2D eigenvalue weighted by Gasteiger charge is -2.40. The Labute approximate surface area is 159 Å². The number of aromatic nitrogens is 1. The molecule has 3 rings (SSSR count). The molecule has 4 N–H and O–H groups in total. The van der Waals surface area contributed by atoms with Gasteiger partial charge >= 0.3 is 6.09 Å². The maximum atomic E-state index is 11.9. The molecule has 1 aliphatic rings. The number of piperidine rings is 1. The van der Waals surface area contributed by atoms with Gasteiger partial charge < -0.3 is 20.8 Å². The third-order valence-electron chi connectivity index (χ3n) is 5.35. The minimum absolute atomic E-state index is 0.0777. The molecule has 144 valence electrons. The molecule has 1 aromatic carbocycles. The van der Waals surface area contributed by atoms with Crippen LogP contribution in [-0.2, 0) is 5.60 Å². The van der Waals surface area contributed by atoms with Gasteiger partial charge in [-0.2, -0.15) is 0 Å². The van der Waals surface area contributed by atoms with E-state index < -0.39 is 11.7 Å². The van der Waals surface area contributed by atoms with E-state index in [4.69, 9.17) is 5.11 Å². The lowest BCUT2D eigenvalue weighted by Crippen LogP contribution is -2.45. The summed E-state index contributed by atoms with van der Waals surface area (Å²) in [5, 5.41) is 26.5. The molecule has 27 heavy (non-hydrogen) atoms. The zero-order valence-electron chi connectivity index (χ0n) is 15.4. The zero-order valence-corrected chi connectivity index (χ0v) is 15.4. The Morgan fingerprint density at radius 3 is 2.85 bits per heavy atom. The molecule has 0 spiro atoms. The summed E-state index contributed by atoms with van der Waals surface area (Å²) >= 11 is 0. The smallest absolute Gasteiger partial charge is 0.404 e. The molecular weight excluding hydrogens is 342 g/mol. The van der Waals surface area contributed by atoms with E-state index in [0.29, 0.717) is 19.4 Å². The van der Waals surface area contributed by atoms with Crippen molar-refractivity contribution in [3.05, 3.63) is 54.4 Å². The number of hydrogen-bond acceptors (Lipinski definition) is 4. The van der Waals surface area contributed by atoms with E-state index in [1.54, 1.807) is 6.20 Å². The fourth-order valence-electron chi connectivity index (χ4n) is 4.01. The molecule has 2 heterocycles. The van der Waals surface area contributed by atoms with E-state index in [0.717, 1.165) is 42.6 Å². The Balaban J connectivity index is 1.94. The Morgan fingerprint density at radius 2 is 2.15 bits per heavy atom. The number of nitrogens with one attached hydrogen (secondary N) is 2. The summed E-state index contributed by atoms with van der Waals surface area (Å²) in [4.78, 5) is 15.0. The van der Waals surface area contributed by atoms with Gasteiger partial charge in [0.1, 0.15) is 0 Å². The minimum Gasteiger partial charge on any atom is -0.465 e. The predicted molar refractivity (Wildman–Crippen MR) is 104 cm³/mol. The summed E-state index contributed by atoms with van der Waals surface area (Å²) < 4.78 is 0. The lowest BCUT2D eigenvalue weighted by molar-refractivity contribution is -0.0415. The van der Waals surface area contributed by atoms with Gasteiger partial charge in [0.05, 0.1) is 5.60 Å². The monoisotopic (exact) mass is 369 g/mol. The fraction of sp³-hybridized carbons (Fsp3) is 0.429. The maximum Gasteiger partial charge on any atom is 0.404 e. The Bertz CT molecular complexity index is 747. The Morgan fingerprint density at radius 1 is 1.30 bits per heavy atom. The van der Waals surface area contributed by atoms with Crippen LogP contribution in [0.3, 0.4) is 0 Å². The molecule has 1 amide bonds. The minimum atomic E-state index is -1.03. The number of rotatable bonds is 7. The van der Waals surface area contributed by atoms with Gasteiger partial charge in [-0.1, -0.05) is 30.3 Å². The second kappa shape index (κ2) is 8.97. The van der Waals surface area contributed by atoms with Crippen LogP contribution in [0.25, 0.3) is 11.1 Å². The first kappa shape index (κ1) is 19.3. The van der Waals surface area contributed by atoms with Gasteiger partial charge in [0.2, 0.25) is 0 Å². The Hall–Kier alpha value is -2.44. The summed E-state index contributed by atoms with van der Waals surface area (Å²) in [6, 6.07) is 11.8. The second-order valence-corrected chi connectivity index (χ2v) is 7.09. The SMILES string of the molecule is O=C(O)NCCCC(O)(c1ccccc1-c1cccnc1)C1CCCNC1. The summed E-state index contributed by atoms with van der Waals surface area (Å²) in [6.07, 6.45) is 5.55. The third kappa shape index (κ3) is 4.64. The summed E-state index contributed by atoms with van der Waals surface area (Å²) in [5.41, 5.74) is 1.81. The molecule has 0 saturated carbocycles. The quantitative estimate of drug-likeness (QED) is 0.563. The van der Waals surface area contributed by atoms with Crippen molar-refractivity contribution in [2.45, 2.75) is 31.3 Å². The van der Waals surface area contributed by atoms with Crippen LogP contribution in [0.2, 0.25) is 0 Å². The summed E-state index contributed by atoms with van der Waals surface area (Å²) in [5.74, 6) is 0.0777. The van der Waals surface area contributed by atoms with Crippen LogP contribution in [0.15, 0.2) is 48.8 Å². The highest BCUT2D eigenvalue weighted by molar-refractivity contribution is 5.68. The van der Waals surface area contributed by atoms with Crippen molar-refractivity contribution < 1.29 is 15.0 Å². The molecule has 1 saturated heterocycles. The van der Waals surface area contributed by atoms with Crippen molar-refractivity contribution in [2.75, 3.05) is 19.6 Å². The molecule has 6 heteroatoms. The number of carboxylic acid groups (broad SMARTS) is 1. The van der Waals surface area contributed by atoms with Gasteiger partial charge in [-0.3, -0.25) is 4.98 Å². The van der Waals surface area contributed by atoms with Crippen LogP contribution in [0, 0.1) is 5.92 Å². The lowest BCUT2D eigenvalue weighted by atomic mass is 9.72. The second-order valence-electron chi connectivity index (χ2n) is 7.09. The van der Waals surface area contributed by atoms with Gasteiger partial charge in [0, 0.05) is 37.0 Å². The van der Waals surface area contributed by atoms with Gasteiger partial charge in [-0.05, 0) is 49.4 Å². The van der Waals surface area contributed by atoms with Crippen molar-refractivity contribution in [2.24, 2.45) is 5.92 Å². The number of hydrogen-bond donors (Lipinski definition) is 4. The molecule has 2 atom stereocenters. The largest absolute Gasteiger partial charge is 0.465 e. The standard InChI is InChI=1S/C21H27N3O3/c25-20(26)24-13-5-10-21(27,17-7-4-12-23-15-17)19-9-2-1-8-18(19)16-6-3-11-22-14-16/h1-3,6,8-9,11,14,17,23-24,27H,4-5,7,10,12-13,15H2,(H,25,26). The maximum absolute atomic E-state index is 11.9. The fourth-order valence-corrected chi connectivity index (χ4v) is 4.01. The van der Waals surface area contributed by atoms with Crippen molar-refractivity contribution >= 4 is 6.09 Å². The number of aliphatic hydroxyl groups is 1. The summed E-state index contributed by atoms with van der Waals surface area (Å²) in [6.45, 7) is 2.05. The first-order valence-corrected chi connectivity index (χ1v) is 9.51. The van der Waals surface area contributed by atoms with Crippen molar-refractivity contribution in [1.82, 2.24) is 15.6 Å². The first-order chi connectivity index (χ1) is 13.1. The highest BCUT2D eigenvalue weighted by atomic mass is 16.4. The molecular formula is C21H27N3O3. The van der Waals surface area contributed by atoms with Crippen LogP contribution in [0.1, 0.15) is 31.2 Å². The van der Waals surface area contributed by atoms with Crippen molar-refractivity contribution in [1.29, 1.82) is 0 Å². The molecule has 0 radical (unpaired) electrons. The number of amides is 1. The average Bonchev–Trinajstić information content (AvgIpc) is 2.72. The number of pyridine rings is 1. The van der Waals surface area contributed by atoms with E-state index >= 15 is 0 Å². The predicted octanol–water partition coefficient (Wildman–Crippen LogP) is 2.98. The normalized spacial score (nSPS) is 19.2. The number of benzene rings is 1. The zero-order chi connectivity index (χ0) is 19.1. The van der Waals surface area contributed by atoms with Gasteiger partial charge in [-0.25, -0.2) is 4.79 Å². The van der Waals surface area contributed by atoms with Crippen LogP contribution in [0.4, 0.5) is 4.79 Å². The van der Waals surface area contributed by atoms with E-state index in [-0.39, 0.29) is 5.92 Å². The van der Waals surface area contributed by atoms with E-state index in [1.807, 2.05) is 42.6 Å². The van der Waals surface area contributed by atoms with Crippen molar-refractivity contribution in [3.63, 3.8) is 0 Å². The molecule has 2 aromatic rings. The average molecular weight is 369 g/mol. The molecule has 1 fully saturated rings. The number of carbonyl (C=O) groups is 1. The van der Waals surface area contributed by atoms with Gasteiger partial charge in [-0.15, -0.1) is 0 Å². The van der Waals surface area contributed by atoms with Crippen LogP contribution in [0.5, 0.6) is 0 Å².